The minimum atomic E-state index is -5.31. The van der Waals surface area contributed by atoms with Gasteiger partial charge in [-0.1, -0.05) is 48.5 Å². The van der Waals surface area contributed by atoms with Crippen molar-refractivity contribution in [2.45, 2.75) is 30.5 Å². The summed E-state index contributed by atoms with van der Waals surface area (Å²) in [4.78, 5) is 26.3. The number of hydrogen-bond acceptors (Lipinski definition) is 6. The molecule has 0 saturated heterocycles. The van der Waals surface area contributed by atoms with E-state index in [1.54, 1.807) is 0 Å². The lowest BCUT2D eigenvalue weighted by Crippen LogP contribution is -2.50. The van der Waals surface area contributed by atoms with Crippen LogP contribution in [0.3, 0.4) is 0 Å². The number of alkyl halides is 8. The monoisotopic (exact) mass is 561 g/mol. The van der Waals surface area contributed by atoms with Crippen LogP contribution in [-0.4, -0.2) is 55.4 Å². The third kappa shape index (κ3) is 6.35. The van der Waals surface area contributed by atoms with Crippen molar-refractivity contribution in [3.8, 4) is 5.75 Å². The van der Waals surface area contributed by atoms with Gasteiger partial charge in [0.15, 0.2) is 0 Å². The van der Waals surface area contributed by atoms with Gasteiger partial charge in [0.1, 0.15) is 19.0 Å². The molecule has 1 aliphatic heterocycles. The maximum absolute atomic E-state index is 13.6. The fraction of sp³-hybridized carbons (Fsp3) is 0.333. The van der Waals surface area contributed by atoms with Gasteiger partial charge in [-0.2, -0.15) is 17.6 Å². The van der Waals surface area contributed by atoms with Crippen LogP contribution in [0.5, 0.6) is 5.75 Å². The van der Waals surface area contributed by atoms with Crippen molar-refractivity contribution in [3.05, 3.63) is 66.2 Å². The molecule has 0 aromatic heterocycles. The van der Waals surface area contributed by atoms with E-state index < -0.39 is 63.1 Å². The molecule has 1 atom stereocenters. The van der Waals surface area contributed by atoms with E-state index >= 15 is 0 Å². The summed E-state index contributed by atoms with van der Waals surface area (Å²) in [5, 5.41) is 0. The molecule has 1 heterocycles. The first-order valence-corrected chi connectivity index (χ1v) is 11.5. The van der Waals surface area contributed by atoms with Gasteiger partial charge < -0.3 is 4.74 Å². The fourth-order valence-corrected chi connectivity index (χ4v) is 4.57. The van der Waals surface area contributed by atoms with Crippen LogP contribution >= 0.6 is 7.74 Å². The molecule has 2 aromatic carbocycles. The maximum atomic E-state index is 13.6. The van der Waals surface area contributed by atoms with E-state index in [1.807, 2.05) is 0 Å². The first kappa shape index (κ1) is 28.7. The molecule has 0 N–H and O–H groups in total. The third-order valence-corrected chi connectivity index (χ3v) is 6.38. The lowest BCUT2D eigenvalue weighted by Gasteiger charge is -2.29. The van der Waals surface area contributed by atoms with Gasteiger partial charge in [0, 0.05) is 5.56 Å². The van der Waals surface area contributed by atoms with Crippen LogP contribution in [0.4, 0.5) is 35.1 Å². The van der Waals surface area contributed by atoms with Crippen LogP contribution in [0.15, 0.2) is 65.4 Å². The summed E-state index contributed by atoms with van der Waals surface area (Å²) in [5.41, 5.74) is -0.280. The predicted molar refractivity (Wildman–Crippen MR) is 110 cm³/mol. The molecule has 7 nitrogen and oxygen atoms in total. The number of hydrogen-bond donors (Lipinski definition) is 0. The summed E-state index contributed by atoms with van der Waals surface area (Å²) in [6.45, 7) is -4.59. The summed E-state index contributed by atoms with van der Waals surface area (Å²) in [6.07, 6.45) is -8.66. The number of para-hydroxylation sites is 1. The quantitative estimate of drug-likeness (QED) is 0.137. The molecule has 0 spiro atoms. The SMILES string of the molecule is O=C1N=P(OCC(F)(F)C(F)F)(OCC(F)(F)C(F)F)OC1(Oc1ccccc1)C(=O)c1ccccc1. The number of carbonyl (C=O) groups excluding carboxylic acids is 2. The van der Waals surface area contributed by atoms with Crippen LogP contribution in [0.1, 0.15) is 10.4 Å². The molecule has 202 valence electrons. The van der Waals surface area contributed by atoms with Crippen LogP contribution in [-0.2, 0) is 18.4 Å². The number of Topliss-reactive ketones (excluding diaryl/α,β-unsaturated/α-hetero) is 1. The second-order valence-corrected chi connectivity index (χ2v) is 9.20. The number of benzene rings is 2. The number of rotatable bonds is 12. The predicted octanol–water partition coefficient (Wildman–Crippen LogP) is 5.98. The van der Waals surface area contributed by atoms with Gasteiger partial charge >= 0.3 is 44.1 Å². The lowest BCUT2D eigenvalue weighted by atomic mass is 10.0. The average Bonchev–Trinajstić information content (AvgIpc) is 3.14. The highest BCUT2D eigenvalue weighted by molar-refractivity contribution is 7.52. The minimum absolute atomic E-state index is 0.244. The molecule has 3 rings (SSSR count). The molecule has 0 radical (unpaired) electrons. The van der Waals surface area contributed by atoms with Crippen LogP contribution in [0.25, 0.3) is 0 Å². The van der Waals surface area contributed by atoms with E-state index in [1.165, 1.54) is 60.7 Å². The fourth-order valence-electron chi connectivity index (χ4n) is 2.69. The molecule has 1 unspecified atom stereocenters. The molecular weight excluding hydrogens is 545 g/mol. The molecule has 0 bridgehead atoms. The Morgan fingerprint density at radius 1 is 0.865 bits per heavy atom. The van der Waals surface area contributed by atoms with E-state index in [0.717, 1.165) is 0 Å². The van der Waals surface area contributed by atoms with Gasteiger partial charge in [0.2, 0.25) is 5.78 Å². The molecule has 1 aliphatic rings. The summed E-state index contributed by atoms with van der Waals surface area (Å²) in [5.74, 6) is -16.4. The van der Waals surface area contributed by atoms with Crippen LogP contribution < -0.4 is 4.74 Å². The number of ether oxygens (including phenoxy) is 1. The molecule has 0 fully saturated rings. The average molecular weight is 561 g/mol. The zero-order valence-corrected chi connectivity index (χ0v) is 19.1. The summed E-state index contributed by atoms with van der Waals surface area (Å²) in [6, 6.07) is 13.2. The highest BCUT2D eigenvalue weighted by Gasteiger charge is 2.62. The van der Waals surface area contributed by atoms with Gasteiger partial charge in [-0.05, 0) is 12.1 Å². The van der Waals surface area contributed by atoms with Crippen molar-refractivity contribution in [1.82, 2.24) is 0 Å². The highest BCUT2D eigenvalue weighted by Crippen LogP contribution is 2.62. The number of carbonyl (C=O) groups is 2. The Kier molecular flexibility index (Phi) is 8.42. The molecule has 0 aliphatic carbocycles. The Labute approximate surface area is 203 Å². The zero-order chi connectivity index (χ0) is 27.5. The molecular formula is C21H16F8NO6P. The third-order valence-electron chi connectivity index (χ3n) is 4.56. The van der Waals surface area contributed by atoms with E-state index in [4.69, 9.17) is 9.26 Å². The first-order valence-electron chi connectivity index (χ1n) is 10.1. The van der Waals surface area contributed by atoms with Gasteiger partial charge in [-0.3, -0.25) is 18.6 Å². The minimum Gasteiger partial charge on any atom is -0.447 e. The smallest absolute Gasteiger partial charge is 0.368 e. The molecule has 37 heavy (non-hydrogen) atoms. The van der Waals surface area contributed by atoms with Crippen molar-refractivity contribution < 1.29 is 63.0 Å². The Bertz CT molecular complexity index is 1140. The highest BCUT2D eigenvalue weighted by atomic mass is 31.2. The maximum Gasteiger partial charge on any atom is 0.368 e. The second-order valence-electron chi connectivity index (χ2n) is 7.36. The normalized spacial score (nSPS) is 19.8. The molecule has 1 amide bonds. The van der Waals surface area contributed by atoms with Gasteiger partial charge in [-0.15, -0.1) is 4.74 Å². The van der Waals surface area contributed by atoms with Crippen molar-refractivity contribution in [3.63, 3.8) is 0 Å². The summed E-state index contributed by atoms with van der Waals surface area (Å²) in [7, 11) is -5.31. The molecule has 0 saturated carbocycles. The van der Waals surface area contributed by atoms with E-state index in [-0.39, 0.29) is 11.3 Å². The number of ketones is 1. The van der Waals surface area contributed by atoms with Crippen molar-refractivity contribution >= 4 is 19.4 Å². The topological polar surface area (TPSA) is 83.4 Å². The Morgan fingerprint density at radius 3 is 1.78 bits per heavy atom. The van der Waals surface area contributed by atoms with Crippen molar-refractivity contribution in [2.24, 2.45) is 4.74 Å². The summed E-state index contributed by atoms with van der Waals surface area (Å²) >= 11 is 0. The van der Waals surface area contributed by atoms with Gasteiger partial charge in [0.25, 0.3) is 0 Å². The Balaban J connectivity index is 2.07. The summed E-state index contributed by atoms with van der Waals surface area (Å²) < 4.78 is 128. The second kappa shape index (κ2) is 10.9. The van der Waals surface area contributed by atoms with Gasteiger partial charge in [0.05, 0.1) is 0 Å². The Morgan fingerprint density at radius 2 is 1.32 bits per heavy atom. The Hall–Kier alpha value is -2.87. The number of amides is 1. The number of halogens is 8. The zero-order valence-electron chi connectivity index (χ0n) is 18.2. The standard InChI is InChI=1S/C21H16F8NO6P/c22-16(23)19(26,27)11-33-37(34-12-20(28,29)17(24)25)30-18(32)21(36-37,35-14-9-5-2-6-10-14)15(31)13-7-3-1-4-8-13/h1-10,16-17H,11-12H2. The lowest BCUT2D eigenvalue weighted by molar-refractivity contribution is -0.167. The van der Waals surface area contributed by atoms with Gasteiger partial charge in [-0.25, -0.2) is 22.1 Å². The van der Waals surface area contributed by atoms with E-state index in [9.17, 15) is 44.7 Å². The van der Waals surface area contributed by atoms with Crippen LogP contribution in [0.2, 0.25) is 0 Å². The number of nitrogens with zero attached hydrogens (tertiary/aromatic N) is 1. The van der Waals surface area contributed by atoms with Crippen molar-refractivity contribution in [1.29, 1.82) is 0 Å². The van der Waals surface area contributed by atoms with Crippen LogP contribution in [0, 0.1) is 0 Å². The van der Waals surface area contributed by atoms with E-state index in [2.05, 4.69) is 13.8 Å². The van der Waals surface area contributed by atoms with Crippen molar-refractivity contribution in [2.75, 3.05) is 13.2 Å². The molecule has 2 aromatic rings. The first-order chi connectivity index (χ1) is 17.2. The largest absolute Gasteiger partial charge is 0.447 e. The molecule has 16 heteroatoms. The van der Waals surface area contributed by atoms with E-state index in [0.29, 0.717) is 0 Å².